The summed E-state index contributed by atoms with van der Waals surface area (Å²) in [5.41, 5.74) is 3.40. The predicted octanol–water partition coefficient (Wildman–Crippen LogP) is 2.86. The molecule has 0 amide bonds. The molecule has 5 heteroatoms. The fourth-order valence-electron chi connectivity index (χ4n) is 3.46. The van der Waals surface area contributed by atoms with Gasteiger partial charge in [-0.25, -0.2) is 4.98 Å². The highest BCUT2D eigenvalue weighted by molar-refractivity contribution is 5.77. The van der Waals surface area contributed by atoms with Crippen LogP contribution in [0.3, 0.4) is 0 Å². The Kier molecular flexibility index (Phi) is 4.36. The van der Waals surface area contributed by atoms with E-state index >= 15 is 0 Å². The summed E-state index contributed by atoms with van der Waals surface area (Å²) in [6.07, 6.45) is 6.71. The number of imidazole rings is 1. The van der Waals surface area contributed by atoms with Crippen molar-refractivity contribution in [2.45, 2.75) is 13.0 Å². The Hall–Kier alpha value is -2.11. The molecule has 3 heterocycles. The van der Waals surface area contributed by atoms with Crippen LogP contribution in [0.2, 0.25) is 0 Å². The van der Waals surface area contributed by atoms with Gasteiger partial charge in [0.15, 0.2) is 0 Å². The van der Waals surface area contributed by atoms with E-state index in [1.165, 1.54) is 5.56 Å². The van der Waals surface area contributed by atoms with Gasteiger partial charge in [-0.1, -0.05) is 12.1 Å². The largest absolute Gasteiger partial charge is 0.464 e. The monoisotopic (exact) mass is 325 g/mol. The lowest BCUT2D eigenvalue weighted by atomic mass is 9.99. The van der Waals surface area contributed by atoms with Crippen LogP contribution in [0.25, 0.3) is 11.0 Å². The zero-order chi connectivity index (χ0) is 16.4. The molecule has 3 aromatic rings. The first-order chi connectivity index (χ1) is 11.8. The number of aromatic nitrogens is 2. The third-order valence-electron chi connectivity index (χ3n) is 4.61. The van der Waals surface area contributed by atoms with E-state index in [0.717, 1.165) is 55.9 Å². The van der Waals surface area contributed by atoms with E-state index in [0.29, 0.717) is 5.92 Å². The van der Waals surface area contributed by atoms with E-state index in [1.807, 2.05) is 24.0 Å². The van der Waals surface area contributed by atoms with E-state index < -0.39 is 0 Å². The molecule has 126 valence electrons. The third-order valence-corrected chi connectivity index (χ3v) is 4.61. The van der Waals surface area contributed by atoms with Crippen molar-refractivity contribution < 1.29 is 9.15 Å². The van der Waals surface area contributed by atoms with Gasteiger partial charge in [0.25, 0.3) is 0 Å². The van der Waals surface area contributed by atoms with Crippen LogP contribution in [0.4, 0.5) is 0 Å². The van der Waals surface area contributed by atoms with Crippen LogP contribution < -0.4 is 0 Å². The zero-order valence-electron chi connectivity index (χ0n) is 14.0. The smallest absolute Gasteiger partial charge is 0.134 e. The minimum absolute atomic E-state index is 0.489. The number of furan rings is 1. The molecule has 1 fully saturated rings. The maximum Gasteiger partial charge on any atom is 0.134 e. The number of fused-ring (bicyclic) bond motifs is 1. The van der Waals surface area contributed by atoms with Gasteiger partial charge in [0.1, 0.15) is 5.58 Å². The molecule has 1 unspecified atom stereocenters. The first kappa shape index (κ1) is 15.4. The quantitative estimate of drug-likeness (QED) is 0.740. The Morgan fingerprint density at radius 1 is 1.29 bits per heavy atom. The van der Waals surface area contributed by atoms with Crippen LogP contribution in [-0.4, -0.2) is 40.8 Å². The van der Waals surface area contributed by atoms with Crippen molar-refractivity contribution in [2.24, 2.45) is 13.0 Å². The van der Waals surface area contributed by atoms with Crippen molar-refractivity contribution in [1.29, 1.82) is 0 Å². The number of ether oxygens (including phenoxy) is 1. The molecule has 0 bridgehead atoms. The molecule has 1 aliphatic heterocycles. The minimum atomic E-state index is 0.489. The molecule has 1 aromatic carbocycles. The average Bonchev–Trinajstić information content (AvgIpc) is 3.13. The van der Waals surface area contributed by atoms with Gasteiger partial charge in [-0.3, -0.25) is 4.90 Å². The SMILES string of the molecule is Cn1cnc(CN2CCOCC(Cc3ccc4ccoc4c3)C2)c1. The van der Waals surface area contributed by atoms with Gasteiger partial charge in [0, 0.05) is 38.3 Å². The second-order valence-electron chi connectivity index (χ2n) is 6.70. The molecule has 1 atom stereocenters. The predicted molar refractivity (Wildman–Crippen MR) is 92.7 cm³/mol. The molecule has 5 nitrogen and oxygen atoms in total. The second kappa shape index (κ2) is 6.79. The summed E-state index contributed by atoms with van der Waals surface area (Å²) in [5.74, 6) is 0.489. The second-order valence-corrected chi connectivity index (χ2v) is 6.70. The summed E-state index contributed by atoms with van der Waals surface area (Å²) in [4.78, 5) is 6.90. The van der Waals surface area contributed by atoms with E-state index in [2.05, 4.69) is 34.3 Å². The molecular formula is C19H23N3O2. The maximum absolute atomic E-state index is 5.83. The summed E-state index contributed by atoms with van der Waals surface area (Å²) in [6.45, 7) is 4.49. The number of nitrogens with zero attached hydrogens (tertiary/aromatic N) is 3. The Bertz CT molecular complexity index is 808. The highest BCUT2D eigenvalue weighted by atomic mass is 16.5. The molecular weight excluding hydrogens is 302 g/mol. The van der Waals surface area contributed by atoms with E-state index in [4.69, 9.17) is 9.15 Å². The standard InChI is InChI=1S/C19H23N3O2/c1-21-11-18(20-14-21)12-22-5-7-23-13-16(10-22)8-15-2-3-17-4-6-24-19(17)9-15/h2-4,6,9,11,14,16H,5,7-8,10,12-13H2,1H3. The number of hydrogen-bond donors (Lipinski definition) is 0. The molecule has 0 saturated carbocycles. The molecule has 0 radical (unpaired) electrons. The lowest BCUT2D eigenvalue weighted by molar-refractivity contribution is 0.121. The number of rotatable bonds is 4. The first-order valence-electron chi connectivity index (χ1n) is 8.49. The lowest BCUT2D eigenvalue weighted by Crippen LogP contribution is -2.30. The highest BCUT2D eigenvalue weighted by Gasteiger charge is 2.20. The van der Waals surface area contributed by atoms with Crippen molar-refractivity contribution in [2.75, 3.05) is 26.3 Å². The Labute approximate surface area is 141 Å². The fraction of sp³-hybridized carbons (Fsp3) is 0.421. The Balaban J connectivity index is 1.43. The summed E-state index contributed by atoms with van der Waals surface area (Å²) in [6, 6.07) is 8.50. The highest BCUT2D eigenvalue weighted by Crippen LogP contribution is 2.21. The van der Waals surface area contributed by atoms with Gasteiger partial charge in [-0.05, 0) is 30.0 Å². The Morgan fingerprint density at radius 2 is 2.25 bits per heavy atom. The van der Waals surface area contributed by atoms with Gasteiger partial charge in [-0.15, -0.1) is 0 Å². The molecule has 0 spiro atoms. The van der Waals surface area contributed by atoms with Gasteiger partial charge in [-0.2, -0.15) is 0 Å². The minimum Gasteiger partial charge on any atom is -0.464 e. The number of benzene rings is 1. The third kappa shape index (κ3) is 3.52. The van der Waals surface area contributed by atoms with Crippen molar-refractivity contribution in [3.63, 3.8) is 0 Å². The molecule has 0 N–H and O–H groups in total. The van der Waals surface area contributed by atoms with E-state index in [-0.39, 0.29) is 0 Å². The van der Waals surface area contributed by atoms with Crippen LogP contribution in [0.5, 0.6) is 0 Å². The average molecular weight is 325 g/mol. The van der Waals surface area contributed by atoms with Crippen molar-refractivity contribution in [3.05, 3.63) is 54.3 Å². The molecule has 4 rings (SSSR count). The van der Waals surface area contributed by atoms with Gasteiger partial charge in [0.2, 0.25) is 0 Å². The number of hydrogen-bond acceptors (Lipinski definition) is 4. The molecule has 1 saturated heterocycles. The summed E-state index contributed by atoms with van der Waals surface area (Å²) in [7, 11) is 2.01. The fourth-order valence-corrected chi connectivity index (χ4v) is 3.46. The van der Waals surface area contributed by atoms with Gasteiger partial charge >= 0.3 is 0 Å². The number of aryl methyl sites for hydroxylation is 1. The van der Waals surface area contributed by atoms with Crippen LogP contribution in [0.1, 0.15) is 11.3 Å². The molecule has 0 aliphatic carbocycles. The lowest BCUT2D eigenvalue weighted by Gasteiger charge is -2.22. The summed E-state index contributed by atoms with van der Waals surface area (Å²) in [5, 5.41) is 1.16. The summed E-state index contributed by atoms with van der Waals surface area (Å²) < 4.78 is 13.4. The van der Waals surface area contributed by atoms with Gasteiger partial charge in [0.05, 0.1) is 31.5 Å². The molecule has 24 heavy (non-hydrogen) atoms. The normalized spacial score (nSPS) is 19.6. The van der Waals surface area contributed by atoms with Crippen molar-refractivity contribution in [3.8, 4) is 0 Å². The zero-order valence-corrected chi connectivity index (χ0v) is 14.0. The van der Waals surface area contributed by atoms with Crippen LogP contribution in [0.15, 0.2) is 47.5 Å². The van der Waals surface area contributed by atoms with Crippen LogP contribution >= 0.6 is 0 Å². The van der Waals surface area contributed by atoms with E-state index in [1.54, 1.807) is 6.26 Å². The first-order valence-corrected chi connectivity index (χ1v) is 8.49. The van der Waals surface area contributed by atoms with Crippen molar-refractivity contribution >= 4 is 11.0 Å². The van der Waals surface area contributed by atoms with Crippen LogP contribution in [-0.2, 0) is 24.8 Å². The summed E-state index contributed by atoms with van der Waals surface area (Å²) >= 11 is 0. The maximum atomic E-state index is 5.83. The van der Waals surface area contributed by atoms with Crippen LogP contribution in [0, 0.1) is 5.92 Å². The van der Waals surface area contributed by atoms with Gasteiger partial charge < -0.3 is 13.7 Å². The van der Waals surface area contributed by atoms with E-state index in [9.17, 15) is 0 Å². The molecule has 2 aromatic heterocycles. The Morgan fingerprint density at radius 3 is 3.12 bits per heavy atom. The van der Waals surface area contributed by atoms with Crippen molar-refractivity contribution in [1.82, 2.24) is 14.5 Å². The molecule has 1 aliphatic rings. The topological polar surface area (TPSA) is 43.4 Å².